The number of carbonyl (C=O) groups is 1. The Hall–Kier alpha value is -2.16. The third-order valence-corrected chi connectivity index (χ3v) is 5.50. The molecule has 0 aromatic heterocycles. The van der Waals surface area contributed by atoms with E-state index in [0.717, 1.165) is 6.26 Å². The third kappa shape index (κ3) is 5.21. The van der Waals surface area contributed by atoms with E-state index in [9.17, 15) is 17.6 Å². The van der Waals surface area contributed by atoms with Gasteiger partial charge in [0.05, 0.1) is 6.26 Å². The van der Waals surface area contributed by atoms with Crippen LogP contribution >= 0.6 is 11.6 Å². The van der Waals surface area contributed by atoms with Gasteiger partial charge in [-0.15, -0.1) is 0 Å². The van der Waals surface area contributed by atoms with E-state index in [1.54, 1.807) is 41.3 Å². The Balaban J connectivity index is 1.58. The van der Waals surface area contributed by atoms with Crippen LogP contribution in [0, 0.1) is 5.82 Å². The molecule has 1 saturated heterocycles. The average Bonchev–Trinajstić information content (AvgIpc) is 2.64. The average molecular weight is 426 g/mol. The van der Waals surface area contributed by atoms with E-state index in [2.05, 4.69) is 9.62 Å². The SMILES string of the molecule is CS(=O)(=O)Nc1ccc(C(=O)N2CCN(Cc3c(F)cccc3Cl)CC2)cc1. The lowest BCUT2D eigenvalue weighted by Crippen LogP contribution is -2.48. The zero-order valence-corrected chi connectivity index (χ0v) is 16.9. The molecule has 0 unspecified atom stereocenters. The Bertz CT molecular complexity index is 939. The summed E-state index contributed by atoms with van der Waals surface area (Å²) in [5.74, 6) is -0.441. The number of hydrogen-bond acceptors (Lipinski definition) is 4. The first-order chi connectivity index (χ1) is 13.2. The summed E-state index contributed by atoms with van der Waals surface area (Å²) in [6.45, 7) is 2.68. The van der Waals surface area contributed by atoms with Gasteiger partial charge in [0.2, 0.25) is 10.0 Å². The number of amides is 1. The molecule has 150 valence electrons. The molecule has 6 nitrogen and oxygen atoms in total. The van der Waals surface area contributed by atoms with Crippen LogP contribution in [0.4, 0.5) is 10.1 Å². The van der Waals surface area contributed by atoms with E-state index < -0.39 is 10.0 Å². The van der Waals surface area contributed by atoms with Crippen molar-refractivity contribution in [3.05, 3.63) is 64.4 Å². The van der Waals surface area contributed by atoms with Gasteiger partial charge in [-0.3, -0.25) is 14.4 Å². The first kappa shape index (κ1) is 20.6. The molecule has 0 atom stereocenters. The van der Waals surface area contributed by atoms with E-state index in [1.807, 2.05) is 0 Å². The Morgan fingerprint density at radius 2 is 1.75 bits per heavy atom. The summed E-state index contributed by atoms with van der Waals surface area (Å²) in [6.07, 6.45) is 1.07. The minimum Gasteiger partial charge on any atom is -0.336 e. The molecule has 1 aliphatic heterocycles. The van der Waals surface area contributed by atoms with Crippen molar-refractivity contribution in [3.8, 4) is 0 Å². The zero-order chi connectivity index (χ0) is 20.3. The van der Waals surface area contributed by atoms with Crippen LogP contribution in [0.5, 0.6) is 0 Å². The van der Waals surface area contributed by atoms with E-state index in [4.69, 9.17) is 11.6 Å². The van der Waals surface area contributed by atoms with Crippen LogP contribution < -0.4 is 4.72 Å². The lowest BCUT2D eigenvalue weighted by Gasteiger charge is -2.35. The highest BCUT2D eigenvalue weighted by Crippen LogP contribution is 2.22. The molecule has 0 aliphatic carbocycles. The summed E-state index contributed by atoms with van der Waals surface area (Å²) in [7, 11) is -3.36. The van der Waals surface area contributed by atoms with Crippen molar-refractivity contribution in [1.29, 1.82) is 0 Å². The van der Waals surface area contributed by atoms with Crippen molar-refractivity contribution in [2.24, 2.45) is 0 Å². The Kier molecular flexibility index (Phi) is 6.22. The van der Waals surface area contributed by atoms with Crippen LogP contribution in [0.3, 0.4) is 0 Å². The van der Waals surface area contributed by atoms with Gasteiger partial charge in [0.15, 0.2) is 0 Å². The maximum absolute atomic E-state index is 13.9. The first-order valence-electron chi connectivity index (χ1n) is 8.75. The number of benzene rings is 2. The van der Waals surface area contributed by atoms with Crippen LogP contribution in [-0.4, -0.2) is 56.6 Å². The molecule has 9 heteroatoms. The second-order valence-electron chi connectivity index (χ2n) is 6.72. The number of anilines is 1. The van der Waals surface area contributed by atoms with Crippen LogP contribution in [0.1, 0.15) is 15.9 Å². The number of nitrogens with one attached hydrogen (secondary N) is 1. The monoisotopic (exact) mass is 425 g/mol. The van der Waals surface area contributed by atoms with Gasteiger partial charge >= 0.3 is 0 Å². The highest BCUT2D eigenvalue weighted by Gasteiger charge is 2.23. The van der Waals surface area contributed by atoms with Gasteiger partial charge in [-0.1, -0.05) is 17.7 Å². The molecule has 0 bridgehead atoms. The Morgan fingerprint density at radius 3 is 2.32 bits per heavy atom. The zero-order valence-electron chi connectivity index (χ0n) is 15.4. The molecule has 1 fully saturated rings. The fourth-order valence-corrected chi connectivity index (χ4v) is 3.88. The molecule has 1 N–H and O–H groups in total. The van der Waals surface area contributed by atoms with Crippen molar-refractivity contribution in [2.45, 2.75) is 6.54 Å². The molecule has 0 saturated carbocycles. The number of rotatable bonds is 5. The number of hydrogen-bond donors (Lipinski definition) is 1. The largest absolute Gasteiger partial charge is 0.336 e. The van der Waals surface area contributed by atoms with Gasteiger partial charge in [0, 0.05) is 54.6 Å². The van der Waals surface area contributed by atoms with E-state index >= 15 is 0 Å². The highest BCUT2D eigenvalue weighted by molar-refractivity contribution is 7.92. The molecule has 1 aliphatic rings. The molecule has 28 heavy (non-hydrogen) atoms. The lowest BCUT2D eigenvalue weighted by molar-refractivity contribution is 0.0627. The predicted molar refractivity (Wildman–Crippen MR) is 107 cm³/mol. The summed E-state index contributed by atoms with van der Waals surface area (Å²) in [5, 5.41) is 0.404. The fourth-order valence-electron chi connectivity index (χ4n) is 3.09. The maximum Gasteiger partial charge on any atom is 0.253 e. The standard InChI is InChI=1S/C19H21ClFN3O3S/c1-28(26,27)22-15-7-5-14(6-8-15)19(25)24-11-9-23(10-12-24)13-16-17(20)3-2-4-18(16)21/h2-8,22H,9-13H2,1H3. The van der Waals surface area contributed by atoms with Gasteiger partial charge in [-0.05, 0) is 36.4 Å². The number of halogens is 2. The Morgan fingerprint density at radius 1 is 1.11 bits per heavy atom. The summed E-state index contributed by atoms with van der Waals surface area (Å²) in [4.78, 5) is 16.5. The van der Waals surface area contributed by atoms with Crippen LogP contribution in [-0.2, 0) is 16.6 Å². The molecule has 0 spiro atoms. The van der Waals surface area contributed by atoms with E-state index in [0.29, 0.717) is 54.6 Å². The van der Waals surface area contributed by atoms with Crippen LogP contribution in [0.25, 0.3) is 0 Å². The minimum absolute atomic E-state index is 0.116. The second kappa shape index (κ2) is 8.46. The molecule has 1 heterocycles. The van der Waals surface area contributed by atoms with Crippen molar-refractivity contribution in [1.82, 2.24) is 9.80 Å². The van der Waals surface area contributed by atoms with Gasteiger partial charge in [0.25, 0.3) is 5.91 Å². The quantitative estimate of drug-likeness (QED) is 0.799. The molecule has 0 radical (unpaired) electrons. The highest BCUT2D eigenvalue weighted by atomic mass is 35.5. The van der Waals surface area contributed by atoms with Gasteiger partial charge in [0.1, 0.15) is 5.82 Å². The summed E-state index contributed by atoms with van der Waals surface area (Å²) in [5.41, 5.74) is 1.37. The fraction of sp³-hybridized carbons (Fsp3) is 0.316. The molecular formula is C19H21ClFN3O3S. The van der Waals surface area contributed by atoms with Crippen molar-refractivity contribution >= 4 is 33.2 Å². The van der Waals surface area contributed by atoms with Gasteiger partial charge < -0.3 is 4.90 Å². The predicted octanol–water partition coefficient (Wildman–Crippen LogP) is 2.81. The van der Waals surface area contributed by atoms with Crippen LogP contribution in [0.15, 0.2) is 42.5 Å². The normalized spacial score (nSPS) is 15.5. The summed E-state index contributed by atoms with van der Waals surface area (Å²) >= 11 is 6.09. The minimum atomic E-state index is -3.36. The van der Waals surface area contributed by atoms with Crippen LogP contribution in [0.2, 0.25) is 5.02 Å². The second-order valence-corrected chi connectivity index (χ2v) is 8.88. The summed E-state index contributed by atoms with van der Waals surface area (Å²) < 4.78 is 38.8. The topological polar surface area (TPSA) is 69.7 Å². The lowest BCUT2D eigenvalue weighted by atomic mass is 10.1. The van der Waals surface area contributed by atoms with Gasteiger partial charge in [-0.2, -0.15) is 0 Å². The smallest absolute Gasteiger partial charge is 0.253 e. The Labute approximate surface area is 168 Å². The number of sulfonamides is 1. The van der Waals surface area contributed by atoms with E-state index in [-0.39, 0.29) is 11.7 Å². The molecule has 2 aromatic carbocycles. The molecule has 3 rings (SSSR count). The van der Waals surface area contributed by atoms with Crippen molar-refractivity contribution in [2.75, 3.05) is 37.2 Å². The first-order valence-corrected chi connectivity index (χ1v) is 11.0. The van der Waals surface area contributed by atoms with Gasteiger partial charge in [-0.25, -0.2) is 12.8 Å². The number of piperazine rings is 1. The molecular weight excluding hydrogens is 405 g/mol. The maximum atomic E-state index is 13.9. The number of nitrogens with zero attached hydrogens (tertiary/aromatic N) is 2. The third-order valence-electron chi connectivity index (χ3n) is 4.54. The van der Waals surface area contributed by atoms with E-state index in [1.165, 1.54) is 6.07 Å². The number of carbonyl (C=O) groups excluding carboxylic acids is 1. The summed E-state index contributed by atoms with van der Waals surface area (Å²) in [6, 6.07) is 11.0. The molecule has 1 amide bonds. The molecule has 2 aromatic rings. The van der Waals surface area contributed by atoms with Crippen molar-refractivity contribution < 1.29 is 17.6 Å². The van der Waals surface area contributed by atoms with Crippen molar-refractivity contribution in [3.63, 3.8) is 0 Å².